The van der Waals surface area contributed by atoms with Crippen LogP contribution in [0.15, 0.2) is 35.8 Å². The normalized spacial score (nSPS) is 11.1. The Labute approximate surface area is 122 Å². The lowest BCUT2D eigenvalue weighted by molar-refractivity contribution is 0.415. The second-order valence-electron chi connectivity index (χ2n) is 4.85. The Balaban J connectivity index is 1.86. The highest BCUT2D eigenvalue weighted by Gasteiger charge is 2.06. The van der Waals surface area contributed by atoms with Gasteiger partial charge in [-0.3, -0.25) is 0 Å². The van der Waals surface area contributed by atoms with E-state index in [9.17, 15) is 0 Å². The average molecular weight is 286 g/mol. The molecule has 0 aliphatic rings. The van der Waals surface area contributed by atoms with Crippen molar-refractivity contribution in [1.82, 2.24) is 9.55 Å². The molecule has 1 aromatic carbocycles. The zero-order valence-electron chi connectivity index (χ0n) is 11.8. The molecule has 0 bridgehead atoms. The molecular weight excluding hydrogens is 268 g/mol. The molecule has 4 heteroatoms. The van der Waals surface area contributed by atoms with Gasteiger partial charge >= 0.3 is 0 Å². The molecule has 2 heterocycles. The smallest absolute Gasteiger partial charge is 0.119 e. The third kappa shape index (κ3) is 2.56. The Morgan fingerprint density at radius 2 is 2.20 bits per heavy atom. The topological polar surface area (TPSA) is 27.1 Å². The van der Waals surface area contributed by atoms with Crippen LogP contribution in [0.3, 0.4) is 0 Å². The zero-order chi connectivity index (χ0) is 13.9. The van der Waals surface area contributed by atoms with Crippen LogP contribution in [0.2, 0.25) is 0 Å². The first-order valence-corrected chi connectivity index (χ1v) is 7.74. The number of hydrogen-bond acceptors (Lipinski definition) is 3. The van der Waals surface area contributed by atoms with E-state index in [-0.39, 0.29) is 0 Å². The summed E-state index contributed by atoms with van der Waals surface area (Å²) >= 11 is 1.76. The number of hydrogen-bond donors (Lipinski definition) is 0. The first-order valence-electron chi connectivity index (χ1n) is 6.86. The number of thiazole rings is 1. The van der Waals surface area contributed by atoms with Gasteiger partial charge in [0.1, 0.15) is 5.75 Å². The quantitative estimate of drug-likeness (QED) is 0.706. The third-order valence-corrected chi connectivity index (χ3v) is 4.33. The monoisotopic (exact) mass is 286 g/mol. The Morgan fingerprint density at radius 1 is 1.30 bits per heavy atom. The number of benzene rings is 1. The fraction of sp³-hybridized carbons (Fsp3) is 0.312. The van der Waals surface area contributed by atoms with Crippen molar-refractivity contribution in [2.75, 3.05) is 7.11 Å². The second kappa shape index (κ2) is 5.67. The maximum absolute atomic E-state index is 5.26. The molecular formula is C16H18N2OS. The van der Waals surface area contributed by atoms with E-state index in [2.05, 4.69) is 46.3 Å². The Bertz CT molecular complexity index is 714. The zero-order valence-corrected chi connectivity index (χ0v) is 12.6. The van der Waals surface area contributed by atoms with Gasteiger partial charge in [0, 0.05) is 22.5 Å². The van der Waals surface area contributed by atoms with Crippen molar-refractivity contribution in [2.24, 2.45) is 0 Å². The molecule has 2 aromatic heterocycles. The molecule has 0 N–H and O–H groups in total. The molecule has 0 aliphatic heterocycles. The Kier molecular flexibility index (Phi) is 3.74. The van der Waals surface area contributed by atoms with Gasteiger partial charge in [-0.15, -0.1) is 11.3 Å². The van der Waals surface area contributed by atoms with Crippen molar-refractivity contribution in [3.05, 3.63) is 46.5 Å². The third-order valence-electron chi connectivity index (χ3n) is 3.37. The number of ether oxygens (including phenoxy) is 1. The van der Waals surface area contributed by atoms with Gasteiger partial charge in [0.2, 0.25) is 0 Å². The minimum Gasteiger partial charge on any atom is -0.497 e. The lowest BCUT2D eigenvalue weighted by Gasteiger charge is -2.04. The number of fused-ring (bicyclic) bond motifs is 1. The second-order valence-corrected chi connectivity index (χ2v) is 5.79. The van der Waals surface area contributed by atoms with E-state index in [0.717, 1.165) is 30.8 Å². The molecule has 0 spiro atoms. The average Bonchev–Trinajstić information content (AvgIpc) is 3.07. The van der Waals surface area contributed by atoms with Gasteiger partial charge in [-0.1, -0.05) is 6.92 Å². The van der Waals surface area contributed by atoms with Gasteiger partial charge in [-0.25, -0.2) is 4.98 Å². The van der Waals surface area contributed by atoms with E-state index in [1.807, 2.05) is 6.07 Å². The van der Waals surface area contributed by atoms with Crippen molar-refractivity contribution >= 4 is 22.2 Å². The molecule has 3 rings (SSSR count). The van der Waals surface area contributed by atoms with Crippen LogP contribution in [-0.4, -0.2) is 16.7 Å². The molecule has 104 valence electrons. The van der Waals surface area contributed by atoms with Crippen molar-refractivity contribution in [3.63, 3.8) is 0 Å². The predicted octanol–water partition coefficient (Wildman–Crippen LogP) is 4.11. The predicted molar refractivity (Wildman–Crippen MR) is 83.7 cm³/mol. The van der Waals surface area contributed by atoms with E-state index >= 15 is 0 Å². The summed E-state index contributed by atoms with van der Waals surface area (Å²) in [5.41, 5.74) is 2.36. The highest BCUT2D eigenvalue weighted by molar-refractivity contribution is 7.09. The maximum atomic E-state index is 5.26. The molecule has 3 aromatic rings. The standard InChI is InChI=1S/C16H18N2OS/c1-3-4-16-17-13(11-20-16)10-18-8-7-12-9-14(19-2)5-6-15(12)18/h5-9,11H,3-4,10H2,1-2H3. The fourth-order valence-corrected chi connectivity index (χ4v) is 3.26. The first-order chi connectivity index (χ1) is 9.80. The summed E-state index contributed by atoms with van der Waals surface area (Å²) in [5.74, 6) is 0.897. The summed E-state index contributed by atoms with van der Waals surface area (Å²) in [5, 5.41) is 4.61. The molecule has 0 aliphatic carbocycles. The summed E-state index contributed by atoms with van der Waals surface area (Å²) in [7, 11) is 1.70. The molecule has 0 saturated carbocycles. The number of aryl methyl sites for hydroxylation is 1. The van der Waals surface area contributed by atoms with Gasteiger partial charge in [-0.2, -0.15) is 0 Å². The van der Waals surface area contributed by atoms with Crippen molar-refractivity contribution in [3.8, 4) is 5.75 Å². The van der Waals surface area contributed by atoms with Crippen molar-refractivity contribution < 1.29 is 4.74 Å². The molecule has 0 atom stereocenters. The van der Waals surface area contributed by atoms with Gasteiger partial charge in [0.05, 0.1) is 24.4 Å². The highest BCUT2D eigenvalue weighted by atomic mass is 32.1. The van der Waals surface area contributed by atoms with Crippen LogP contribution in [0.25, 0.3) is 10.9 Å². The van der Waals surface area contributed by atoms with Crippen LogP contribution in [0.4, 0.5) is 0 Å². The Hall–Kier alpha value is -1.81. The number of nitrogens with zero attached hydrogens (tertiary/aromatic N) is 2. The van der Waals surface area contributed by atoms with E-state index in [1.165, 1.54) is 15.9 Å². The van der Waals surface area contributed by atoms with Crippen LogP contribution in [0.5, 0.6) is 5.75 Å². The lowest BCUT2D eigenvalue weighted by Crippen LogP contribution is -1.98. The summed E-state index contributed by atoms with van der Waals surface area (Å²) in [6, 6.07) is 8.29. The van der Waals surface area contributed by atoms with E-state index < -0.39 is 0 Å². The van der Waals surface area contributed by atoms with Crippen LogP contribution < -0.4 is 4.74 Å². The molecule has 0 amide bonds. The van der Waals surface area contributed by atoms with Crippen LogP contribution >= 0.6 is 11.3 Å². The van der Waals surface area contributed by atoms with Crippen molar-refractivity contribution in [1.29, 1.82) is 0 Å². The van der Waals surface area contributed by atoms with Gasteiger partial charge in [0.25, 0.3) is 0 Å². The lowest BCUT2D eigenvalue weighted by atomic mass is 10.2. The SMILES string of the molecule is CCCc1nc(Cn2ccc3cc(OC)ccc32)cs1. The van der Waals surface area contributed by atoms with Crippen LogP contribution in [0, 0.1) is 0 Å². The maximum Gasteiger partial charge on any atom is 0.119 e. The van der Waals surface area contributed by atoms with Gasteiger partial charge in [0.15, 0.2) is 0 Å². The van der Waals surface area contributed by atoms with E-state index in [0.29, 0.717) is 0 Å². The summed E-state index contributed by atoms with van der Waals surface area (Å²) in [4.78, 5) is 4.69. The molecule has 0 saturated heterocycles. The number of rotatable bonds is 5. The largest absolute Gasteiger partial charge is 0.497 e. The first kappa shape index (κ1) is 13.2. The van der Waals surface area contributed by atoms with E-state index in [1.54, 1.807) is 18.4 Å². The number of methoxy groups -OCH3 is 1. The highest BCUT2D eigenvalue weighted by Crippen LogP contribution is 2.23. The van der Waals surface area contributed by atoms with Crippen LogP contribution in [-0.2, 0) is 13.0 Å². The number of aromatic nitrogens is 2. The summed E-state index contributed by atoms with van der Waals surface area (Å²) in [6.45, 7) is 3.02. The van der Waals surface area contributed by atoms with Gasteiger partial charge < -0.3 is 9.30 Å². The van der Waals surface area contributed by atoms with Crippen molar-refractivity contribution in [2.45, 2.75) is 26.3 Å². The minimum absolute atomic E-state index is 0.829. The minimum atomic E-state index is 0.829. The Morgan fingerprint density at radius 3 is 3.00 bits per heavy atom. The molecule has 20 heavy (non-hydrogen) atoms. The summed E-state index contributed by atoms with van der Waals surface area (Å²) < 4.78 is 7.50. The molecule has 0 radical (unpaired) electrons. The van der Waals surface area contributed by atoms with Crippen LogP contribution in [0.1, 0.15) is 24.0 Å². The van der Waals surface area contributed by atoms with E-state index in [4.69, 9.17) is 4.74 Å². The molecule has 0 unspecified atom stereocenters. The molecule has 0 fully saturated rings. The van der Waals surface area contributed by atoms with Gasteiger partial charge in [-0.05, 0) is 37.1 Å². The molecule has 3 nitrogen and oxygen atoms in total. The fourth-order valence-electron chi connectivity index (χ4n) is 2.37. The summed E-state index contributed by atoms with van der Waals surface area (Å²) in [6.07, 6.45) is 4.34.